The molecule has 2 aliphatic heterocycles. The predicted octanol–water partition coefficient (Wildman–Crippen LogP) is 1.82. The molecule has 0 aromatic carbocycles. The molecule has 2 fully saturated rings. The van der Waals surface area contributed by atoms with Crippen LogP contribution in [-0.4, -0.2) is 64.7 Å². The lowest BCUT2D eigenvalue weighted by molar-refractivity contribution is -0.125. The van der Waals surface area contributed by atoms with Gasteiger partial charge in [-0.3, -0.25) is 0 Å². The van der Waals surface area contributed by atoms with Crippen LogP contribution in [0.3, 0.4) is 0 Å². The summed E-state index contributed by atoms with van der Waals surface area (Å²) in [4.78, 5) is 15.5. The van der Waals surface area contributed by atoms with Crippen LogP contribution in [0.2, 0.25) is 5.15 Å². The van der Waals surface area contributed by atoms with Crippen LogP contribution < -0.4 is 16.2 Å². The first-order valence-electron chi connectivity index (χ1n) is 9.79. The minimum Gasteiger partial charge on any atom is -0.477 e. The number of nitrogens with zero attached hydrogens (tertiary/aromatic N) is 4. The van der Waals surface area contributed by atoms with Crippen LogP contribution >= 0.6 is 11.6 Å². The van der Waals surface area contributed by atoms with Crippen molar-refractivity contribution in [2.24, 2.45) is 10.8 Å². The third-order valence-electron chi connectivity index (χ3n) is 4.44. The summed E-state index contributed by atoms with van der Waals surface area (Å²) >= 11 is 5.52. The quantitative estimate of drug-likeness (QED) is 0.583. The largest absolute Gasteiger partial charge is 0.477 e. The number of anilines is 2. The summed E-state index contributed by atoms with van der Waals surface area (Å²) in [7, 11) is 0. The normalized spacial score (nSPS) is 17.6. The van der Waals surface area contributed by atoms with E-state index in [1.807, 2.05) is 20.8 Å². The molecule has 0 atom stereocenters. The number of halogens is 1. The van der Waals surface area contributed by atoms with Crippen LogP contribution in [0.5, 0.6) is 5.88 Å². The van der Waals surface area contributed by atoms with Gasteiger partial charge in [0.05, 0.1) is 39.6 Å². The van der Waals surface area contributed by atoms with Gasteiger partial charge in [-0.15, -0.1) is 0 Å². The molecule has 4 heterocycles. The Hall–Kier alpha value is -2.27. The summed E-state index contributed by atoms with van der Waals surface area (Å²) in [6.07, 6.45) is 0. The lowest BCUT2D eigenvalue weighted by atomic mass is 9.90. The van der Waals surface area contributed by atoms with Gasteiger partial charge in [0.15, 0.2) is 0 Å². The Morgan fingerprint density at radius 3 is 1.81 bits per heavy atom. The van der Waals surface area contributed by atoms with Gasteiger partial charge in [-0.1, -0.05) is 25.4 Å². The number of nitrogens with two attached hydrogens (primary N) is 2. The van der Waals surface area contributed by atoms with Gasteiger partial charge in [0.2, 0.25) is 17.8 Å². The maximum atomic E-state index is 8.57. The highest BCUT2D eigenvalue weighted by molar-refractivity contribution is 6.29. The zero-order chi connectivity index (χ0) is 23.1. The standard InChI is InChI=1S/C10H15N3O2.C5H6ClN3.C5H10O2/c1-7-3-8(13-9(11)12-7)15-6-10(2)4-14-5-10;1-3-2-4(6)9-5(7)8-3;1-5(2-6)3-7-4-5/h3H,4-6H2,1-2H3,(H2,11,12,13);2H,1H3,(H2,7,8,9);6H,2-4H2,1H3. The minimum atomic E-state index is 0.0972. The molecule has 2 aromatic heterocycles. The molecule has 0 aliphatic carbocycles. The molecule has 2 saturated heterocycles. The molecular formula is C20H31ClN6O4. The average Bonchev–Trinajstić information content (AvgIpc) is 2.62. The molecule has 10 nitrogen and oxygen atoms in total. The van der Waals surface area contributed by atoms with Gasteiger partial charge < -0.3 is 30.8 Å². The lowest BCUT2D eigenvalue weighted by Gasteiger charge is -2.37. The second kappa shape index (κ2) is 10.9. The maximum absolute atomic E-state index is 8.57. The first kappa shape index (κ1) is 25.0. The highest BCUT2D eigenvalue weighted by atomic mass is 35.5. The Balaban J connectivity index is 0.000000181. The number of hydrogen-bond acceptors (Lipinski definition) is 10. The van der Waals surface area contributed by atoms with E-state index in [-0.39, 0.29) is 29.3 Å². The molecule has 0 bridgehead atoms. The fourth-order valence-electron chi connectivity index (χ4n) is 2.51. The minimum absolute atomic E-state index is 0.0972. The van der Waals surface area contributed by atoms with Gasteiger partial charge in [0, 0.05) is 28.3 Å². The van der Waals surface area contributed by atoms with Crippen LogP contribution in [-0.2, 0) is 9.47 Å². The number of rotatable bonds is 4. The number of hydrogen-bond donors (Lipinski definition) is 3. The molecule has 172 valence electrons. The van der Waals surface area contributed by atoms with Crippen LogP contribution in [0.4, 0.5) is 11.9 Å². The molecule has 0 saturated carbocycles. The van der Waals surface area contributed by atoms with Gasteiger partial charge in [-0.2, -0.15) is 4.98 Å². The van der Waals surface area contributed by atoms with Crippen LogP contribution in [0.1, 0.15) is 25.2 Å². The molecule has 2 aliphatic rings. The van der Waals surface area contributed by atoms with Gasteiger partial charge in [-0.05, 0) is 19.9 Å². The zero-order valence-corrected chi connectivity index (χ0v) is 19.1. The number of aliphatic hydroxyl groups is 1. The van der Waals surface area contributed by atoms with Gasteiger partial charge in [0.1, 0.15) is 5.15 Å². The Bertz CT molecular complexity index is 785. The van der Waals surface area contributed by atoms with Crippen molar-refractivity contribution in [1.29, 1.82) is 0 Å². The van der Waals surface area contributed by atoms with Crippen LogP contribution in [0.15, 0.2) is 12.1 Å². The SMILES string of the molecule is CC1(CO)COC1.Cc1cc(Cl)nc(N)n1.Cc1cc(OCC2(C)COC2)nc(N)n1. The summed E-state index contributed by atoms with van der Waals surface area (Å²) in [5.74, 6) is 1.01. The highest BCUT2D eigenvalue weighted by Crippen LogP contribution is 2.27. The third kappa shape index (κ3) is 8.41. The summed E-state index contributed by atoms with van der Waals surface area (Å²) in [6, 6.07) is 3.43. The van der Waals surface area contributed by atoms with Crippen molar-refractivity contribution < 1.29 is 19.3 Å². The second-order valence-electron chi connectivity index (χ2n) is 8.45. The van der Waals surface area contributed by atoms with E-state index in [9.17, 15) is 0 Å². The maximum Gasteiger partial charge on any atom is 0.223 e. The molecule has 0 amide bonds. The summed E-state index contributed by atoms with van der Waals surface area (Å²) in [5.41, 5.74) is 12.6. The van der Waals surface area contributed by atoms with E-state index in [0.717, 1.165) is 37.8 Å². The lowest BCUT2D eigenvalue weighted by Crippen LogP contribution is -2.44. The van der Waals surface area contributed by atoms with E-state index < -0.39 is 0 Å². The van der Waals surface area contributed by atoms with E-state index in [2.05, 4.69) is 26.9 Å². The molecule has 5 N–H and O–H groups in total. The molecule has 31 heavy (non-hydrogen) atoms. The topological polar surface area (TPSA) is 152 Å². The fourth-order valence-corrected chi connectivity index (χ4v) is 2.76. The second-order valence-corrected chi connectivity index (χ2v) is 8.84. The summed E-state index contributed by atoms with van der Waals surface area (Å²) < 4.78 is 15.6. The molecule has 4 rings (SSSR count). The van der Waals surface area contributed by atoms with Crippen molar-refractivity contribution in [2.75, 3.05) is 51.1 Å². The Labute approximate surface area is 187 Å². The van der Waals surface area contributed by atoms with E-state index >= 15 is 0 Å². The van der Waals surface area contributed by atoms with Crippen molar-refractivity contribution in [1.82, 2.24) is 19.9 Å². The molecule has 2 aromatic rings. The Morgan fingerprint density at radius 1 is 0.935 bits per heavy atom. The molecule has 0 radical (unpaired) electrons. The van der Waals surface area contributed by atoms with Crippen molar-refractivity contribution in [3.63, 3.8) is 0 Å². The van der Waals surface area contributed by atoms with E-state index in [4.69, 9.17) is 42.4 Å². The number of aliphatic hydroxyl groups excluding tert-OH is 1. The van der Waals surface area contributed by atoms with Crippen molar-refractivity contribution in [3.05, 3.63) is 28.7 Å². The highest BCUT2D eigenvalue weighted by Gasteiger charge is 2.34. The van der Waals surface area contributed by atoms with Gasteiger partial charge in [-0.25, -0.2) is 15.0 Å². The van der Waals surface area contributed by atoms with Gasteiger partial charge >= 0.3 is 0 Å². The number of aromatic nitrogens is 4. The molecule has 0 unspecified atom stereocenters. The fraction of sp³-hybridized carbons (Fsp3) is 0.600. The van der Waals surface area contributed by atoms with E-state index in [0.29, 0.717) is 17.6 Å². The van der Waals surface area contributed by atoms with E-state index in [1.165, 1.54) is 0 Å². The first-order valence-corrected chi connectivity index (χ1v) is 10.2. The molecule has 0 spiro atoms. The van der Waals surface area contributed by atoms with Crippen LogP contribution in [0.25, 0.3) is 0 Å². The predicted molar refractivity (Wildman–Crippen MR) is 118 cm³/mol. The Morgan fingerprint density at radius 2 is 1.45 bits per heavy atom. The van der Waals surface area contributed by atoms with Gasteiger partial charge in [0.25, 0.3) is 0 Å². The zero-order valence-electron chi connectivity index (χ0n) is 18.4. The molecular weight excluding hydrogens is 424 g/mol. The Kier molecular flexibility index (Phi) is 8.75. The number of aryl methyl sites for hydroxylation is 2. The van der Waals surface area contributed by atoms with Crippen LogP contribution in [0, 0.1) is 24.7 Å². The monoisotopic (exact) mass is 454 g/mol. The summed E-state index contributed by atoms with van der Waals surface area (Å²) in [6.45, 7) is 11.6. The number of ether oxygens (including phenoxy) is 3. The smallest absolute Gasteiger partial charge is 0.223 e. The first-order chi connectivity index (χ1) is 14.5. The third-order valence-corrected chi connectivity index (χ3v) is 4.63. The molecule has 11 heteroatoms. The number of nitrogen functional groups attached to an aromatic ring is 2. The summed E-state index contributed by atoms with van der Waals surface area (Å²) in [5, 5.41) is 8.95. The van der Waals surface area contributed by atoms with E-state index in [1.54, 1.807) is 12.1 Å². The van der Waals surface area contributed by atoms with Crippen molar-refractivity contribution in [2.45, 2.75) is 27.7 Å². The van der Waals surface area contributed by atoms with Crippen molar-refractivity contribution >= 4 is 23.5 Å². The van der Waals surface area contributed by atoms with Crippen molar-refractivity contribution in [3.8, 4) is 5.88 Å². The average molecular weight is 455 g/mol.